The van der Waals surface area contributed by atoms with Gasteiger partial charge in [-0.3, -0.25) is 9.59 Å². The van der Waals surface area contributed by atoms with Gasteiger partial charge in [-0.2, -0.15) is 0 Å². The number of halogens is 1. The monoisotopic (exact) mass is 518 g/mol. The van der Waals surface area contributed by atoms with E-state index in [2.05, 4.69) is 34.0 Å². The minimum atomic E-state index is -1.60. The van der Waals surface area contributed by atoms with E-state index in [9.17, 15) is 14.0 Å². The Morgan fingerprint density at radius 3 is 2.66 bits per heavy atom. The Morgan fingerprint density at radius 2 is 1.97 bits per heavy atom. The van der Waals surface area contributed by atoms with Crippen molar-refractivity contribution < 1.29 is 23.1 Å². The summed E-state index contributed by atoms with van der Waals surface area (Å²) in [6, 6.07) is 2.73. The standard InChI is InChI=1S/C29H31FN4O4/c1-4-18-24(30)28(36)34-25(18)23-14-33-29(38-23)26-20-12-22(37-3)21(27(31)35)11-19(20)17(13-32-26)10-9-16-7-5-15(2)6-8-16/h11-16,18,24-25H,4-8H2,1-3H3,(H2,31,35)(H,34,36). The van der Waals surface area contributed by atoms with Crippen LogP contribution < -0.4 is 15.8 Å². The van der Waals surface area contributed by atoms with Crippen LogP contribution >= 0.6 is 0 Å². The molecule has 0 spiro atoms. The van der Waals surface area contributed by atoms with Crippen LogP contribution in [0, 0.1) is 29.6 Å². The number of nitrogens with zero attached hydrogens (tertiary/aromatic N) is 2. The van der Waals surface area contributed by atoms with Crippen molar-refractivity contribution >= 4 is 22.6 Å². The number of nitrogens with two attached hydrogens (primary N) is 1. The van der Waals surface area contributed by atoms with E-state index < -0.39 is 29.9 Å². The fourth-order valence-electron chi connectivity index (χ4n) is 5.45. The molecule has 5 rings (SSSR count). The van der Waals surface area contributed by atoms with Crippen LogP contribution in [0.25, 0.3) is 22.4 Å². The number of carbonyl (C=O) groups is 2. The van der Waals surface area contributed by atoms with Gasteiger partial charge in [0.25, 0.3) is 11.8 Å². The summed E-state index contributed by atoms with van der Waals surface area (Å²) < 4.78 is 25.8. The Hall–Kier alpha value is -3.93. The van der Waals surface area contributed by atoms with Crippen molar-refractivity contribution in [3.8, 4) is 29.2 Å². The van der Waals surface area contributed by atoms with Crippen molar-refractivity contribution in [2.24, 2.45) is 23.5 Å². The van der Waals surface area contributed by atoms with Gasteiger partial charge < -0.3 is 20.2 Å². The zero-order chi connectivity index (χ0) is 27.0. The number of pyridine rings is 1. The lowest BCUT2D eigenvalue weighted by molar-refractivity contribution is -0.123. The molecule has 8 nitrogen and oxygen atoms in total. The van der Waals surface area contributed by atoms with E-state index in [-0.39, 0.29) is 11.5 Å². The number of hydrogen-bond acceptors (Lipinski definition) is 6. The highest BCUT2D eigenvalue weighted by molar-refractivity contribution is 6.05. The van der Waals surface area contributed by atoms with Gasteiger partial charge in [0.2, 0.25) is 5.89 Å². The number of carbonyl (C=O) groups excluding carboxylic acids is 2. The molecule has 2 aliphatic rings. The fourth-order valence-corrected chi connectivity index (χ4v) is 5.45. The van der Waals surface area contributed by atoms with Gasteiger partial charge in [-0.25, -0.2) is 14.4 Å². The van der Waals surface area contributed by atoms with Crippen LogP contribution in [0.3, 0.4) is 0 Å². The largest absolute Gasteiger partial charge is 0.496 e. The van der Waals surface area contributed by atoms with Gasteiger partial charge in [-0.05, 0) is 50.2 Å². The Bertz CT molecular complexity index is 1450. The van der Waals surface area contributed by atoms with Crippen molar-refractivity contribution in [1.82, 2.24) is 15.3 Å². The van der Waals surface area contributed by atoms with E-state index in [0.717, 1.165) is 31.6 Å². The summed E-state index contributed by atoms with van der Waals surface area (Å²) >= 11 is 0. The normalized spacial score (nSPS) is 25.1. The number of alkyl halides is 1. The quantitative estimate of drug-likeness (QED) is 0.472. The molecule has 0 bridgehead atoms. The fraction of sp³-hybridized carbons (Fsp3) is 0.448. The second-order valence-corrected chi connectivity index (χ2v) is 10.2. The second kappa shape index (κ2) is 10.4. The first-order valence-electron chi connectivity index (χ1n) is 13.0. The van der Waals surface area contributed by atoms with Gasteiger partial charge in [0.15, 0.2) is 6.17 Å². The molecule has 3 N–H and O–H groups in total. The predicted octanol–water partition coefficient (Wildman–Crippen LogP) is 4.71. The molecular weight excluding hydrogens is 487 g/mol. The number of benzene rings is 1. The number of nitrogens with one attached hydrogen (secondary N) is 1. The van der Waals surface area contributed by atoms with Crippen LogP contribution in [0.4, 0.5) is 4.39 Å². The number of ether oxygens (including phenoxy) is 1. The van der Waals surface area contributed by atoms with E-state index >= 15 is 0 Å². The third kappa shape index (κ3) is 4.71. The minimum absolute atomic E-state index is 0.200. The molecule has 1 saturated carbocycles. The molecule has 3 heterocycles. The molecule has 198 valence electrons. The molecule has 3 atom stereocenters. The lowest BCUT2D eigenvalue weighted by atomic mass is 9.83. The van der Waals surface area contributed by atoms with Crippen molar-refractivity contribution in [3.63, 3.8) is 0 Å². The van der Waals surface area contributed by atoms with E-state index in [1.807, 2.05) is 6.92 Å². The number of amides is 2. The maximum atomic E-state index is 14.4. The summed E-state index contributed by atoms with van der Waals surface area (Å²) in [5, 5.41) is 3.96. The maximum absolute atomic E-state index is 14.4. The minimum Gasteiger partial charge on any atom is -0.496 e. The van der Waals surface area contributed by atoms with Crippen LogP contribution in [0.2, 0.25) is 0 Å². The predicted molar refractivity (Wildman–Crippen MR) is 140 cm³/mol. The summed E-state index contributed by atoms with van der Waals surface area (Å²) in [4.78, 5) is 33.1. The molecule has 0 radical (unpaired) electrons. The first kappa shape index (κ1) is 25.7. The van der Waals surface area contributed by atoms with Crippen LogP contribution in [0.5, 0.6) is 5.75 Å². The Kier molecular flexibility index (Phi) is 7.06. The van der Waals surface area contributed by atoms with Crippen molar-refractivity contribution in [2.75, 3.05) is 7.11 Å². The highest BCUT2D eigenvalue weighted by Crippen LogP contribution is 2.38. The summed E-state index contributed by atoms with van der Waals surface area (Å²) in [7, 11) is 1.46. The molecule has 9 heteroatoms. The summed E-state index contributed by atoms with van der Waals surface area (Å²) in [6.45, 7) is 4.10. The summed E-state index contributed by atoms with van der Waals surface area (Å²) in [5.74, 6) is 6.75. The van der Waals surface area contributed by atoms with Gasteiger partial charge in [0.1, 0.15) is 17.2 Å². The zero-order valence-corrected chi connectivity index (χ0v) is 21.7. The molecule has 1 aliphatic heterocycles. The Morgan fingerprint density at radius 1 is 1.21 bits per heavy atom. The number of fused-ring (bicyclic) bond motifs is 1. The first-order chi connectivity index (χ1) is 18.3. The number of rotatable bonds is 5. The average molecular weight is 519 g/mol. The molecule has 2 amide bonds. The Labute approximate surface area is 220 Å². The topological polar surface area (TPSA) is 120 Å². The smallest absolute Gasteiger partial charge is 0.255 e. The zero-order valence-electron chi connectivity index (χ0n) is 21.7. The summed E-state index contributed by atoms with van der Waals surface area (Å²) in [6.07, 6.45) is 6.44. The number of primary amides is 1. The van der Waals surface area contributed by atoms with Crippen LogP contribution in [-0.2, 0) is 4.79 Å². The lowest BCUT2D eigenvalue weighted by Gasteiger charge is -2.22. The molecule has 3 aromatic rings. The van der Waals surface area contributed by atoms with Crippen LogP contribution in [0.1, 0.15) is 73.7 Å². The average Bonchev–Trinajstić information content (AvgIpc) is 3.51. The first-order valence-corrected chi connectivity index (χ1v) is 13.0. The lowest BCUT2D eigenvalue weighted by Crippen LogP contribution is -2.21. The molecule has 38 heavy (non-hydrogen) atoms. The Balaban J connectivity index is 1.59. The van der Waals surface area contributed by atoms with E-state index in [4.69, 9.17) is 14.9 Å². The van der Waals surface area contributed by atoms with E-state index in [1.165, 1.54) is 13.3 Å². The maximum Gasteiger partial charge on any atom is 0.255 e. The van der Waals surface area contributed by atoms with E-state index in [1.54, 1.807) is 18.3 Å². The number of methoxy groups -OCH3 is 1. The highest BCUT2D eigenvalue weighted by atomic mass is 19.1. The molecule has 3 unspecified atom stereocenters. The highest BCUT2D eigenvalue weighted by Gasteiger charge is 2.44. The van der Waals surface area contributed by atoms with Crippen molar-refractivity contribution in [2.45, 2.75) is 58.2 Å². The second-order valence-electron chi connectivity index (χ2n) is 10.2. The molecular formula is C29H31FN4O4. The van der Waals surface area contributed by atoms with Crippen molar-refractivity contribution in [1.29, 1.82) is 0 Å². The molecule has 1 saturated heterocycles. The molecule has 2 fully saturated rings. The number of aromatic nitrogens is 2. The van der Waals surface area contributed by atoms with Gasteiger partial charge in [-0.15, -0.1) is 0 Å². The number of hydrogen-bond donors (Lipinski definition) is 2. The third-order valence-electron chi connectivity index (χ3n) is 7.76. The van der Waals surface area contributed by atoms with E-state index in [0.29, 0.717) is 45.9 Å². The van der Waals surface area contributed by atoms with Crippen molar-refractivity contribution in [3.05, 3.63) is 41.4 Å². The van der Waals surface area contributed by atoms with Crippen LogP contribution in [0.15, 0.2) is 28.9 Å². The summed E-state index contributed by atoms with van der Waals surface area (Å²) in [5.41, 5.74) is 6.94. The van der Waals surface area contributed by atoms with Gasteiger partial charge in [0, 0.05) is 28.8 Å². The van der Waals surface area contributed by atoms with Gasteiger partial charge in [-0.1, -0.05) is 25.7 Å². The molecule has 1 aromatic carbocycles. The van der Waals surface area contributed by atoms with Gasteiger partial charge >= 0.3 is 0 Å². The SMILES string of the molecule is CCC1C(F)C(=O)NC1c1cnc(-c2ncc(C#CC3CCC(C)CC3)c3cc(C(N)=O)c(OC)cc23)o1. The molecule has 2 aromatic heterocycles. The van der Waals surface area contributed by atoms with Gasteiger partial charge in [0.05, 0.1) is 30.5 Å². The number of oxazole rings is 1. The third-order valence-corrected chi connectivity index (χ3v) is 7.76. The molecule has 1 aliphatic carbocycles. The van der Waals surface area contributed by atoms with Crippen LogP contribution in [-0.4, -0.2) is 35.1 Å².